The van der Waals surface area contributed by atoms with Crippen LogP contribution in [0.3, 0.4) is 0 Å². The number of aromatic nitrogens is 5. The first-order chi connectivity index (χ1) is 17.0. The van der Waals surface area contributed by atoms with Gasteiger partial charge in [-0.15, -0.1) is 5.10 Å². The average molecular weight is 479 g/mol. The molecule has 0 bridgehead atoms. The fraction of sp³-hybridized carbons (Fsp3) is 0.630. The van der Waals surface area contributed by atoms with Crippen molar-refractivity contribution in [3.05, 3.63) is 51.6 Å². The topological polar surface area (TPSA) is 88.9 Å². The highest BCUT2D eigenvalue weighted by atomic mass is 16.5. The summed E-state index contributed by atoms with van der Waals surface area (Å²) < 4.78 is 7.83. The summed E-state index contributed by atoms with van der Waals surface area (Å²) in [6, 6.07) is 8.66. The minimum absolute atomic E-state index is 0.0105. The van der Waals surface area contributed by atoms with Crippen LogP contribution in [0.15, 0.2) is 29.1 Å². The molecule has 2 aliphatic rings. The summed E-state index contributed by atoms with van der Waals surface area (Å²) in [7, 11) is 0. The van der Waals surface area contributed by atoms with Gasteiger partial charge >= 0.3 is 0 Å². The van der Waals surface area contributed by atoms with Crippen molar-refractivity contribution in [3.63, 3.8) is 0 Å². The number of H-pyrrole nitrogens is 1. The molecule has 1 aliphatic carbocycles. The van der Waals surface area contributed by atoms with Crippen LogP contribution in [0.4, 0.5) is 0 Å². The summed E-state index contributed by atoms with van der Waals surface area (Å²) >= 11 is 0. The molecule has 8 nitrogen and oxygen atoms in total. The number of aromatic amines is 1. The fourth-order valence-corrected chi connectivity index (χ4v) is 5.92. The van der Waals surface area contributed by atoms with Crippen LogP contribution in [0, 0.1) is 12.8 Å². The maximum absolute atomic E-state index is 13.2. The van der Waals surface area contributed by atoms with Crippen LogP contribution in [-0.2, 0) is 17.8 Å². The van der Waals surface area contributed by atoms with Gasteiger partial charge in [-0.1, -0.05) is 44.7 Å². The molecule has 2 atom stereocenters. The number of hydrogen-bond acceptors (Lipinski definition) is 6. The molecular formula is C27H38N6O2. The van der Waals surface area contributed by atoms with Crippen LogP contribution in [0.25, 0.3) is 10.9 Å². The third-order valence-corrected chi connectivity index (χ3v) is 7.69. The molecule has 3 aromatic rings. The van der Waals surface area contributed by atoms with Gasteiger partial charge in [-0.2, -0.15) is 0 Å². The second-order valence-electron chi connectivity index (χ2n) is 10.7. The highest BCUT2D eigenvalue weighted by molar-refractivity contribution is 5.79. The summed E-state index contributed by atoms with van der Waals surface area (Å²) in [5.41, 5.74) is 2.86. The van der Waals surface area contributed by atoms with E-state index in [-0.39, 0.29) is 23.6 Å². The van der Waals surface area contributed by atoms with Gasteiger partial charge in [-0.05, 0) is 72.5 Å². The van der Waals surface area contributed by atoms with Crippen molar-refractivity contribution in [1.29, 1.82) is 0 Å². The van der Waals surface area contributed by atoms with Gasteiger partial charge < -0.3 is 9.72 Å². The van der Waals surface area contributed by atoms with Crippen molar-refractivity contribution in [2.75, 3.05) is 6.61 Å². The van der Waals surface area contributed by atoms with Crippen molar-refractivity contribution in [2.45, 2.75) is 97.0 Å². The molecule has 2 aromatic heterocycles. The quantitative estimate of drug-likeness (QED) is 0.512. The Morgan fingerprint density at radius 2 is 1.97 bits per heavy atom. The molecule has 1 saturated carbocycles. The highest BCUT2D eigenvalue weighted by Crippen LogP contribution is 2.35. The largest absolute Gasteiger partial charge is 0.376 e. The molecule has 1 saturated heterocycles. The lowest BCUT2D eigenvalue weighted by Gasteiger charge is -2.41. The third-order valence-electron chi connectivity index (χ3n) is 7.69. The van der Waals surface area contributed by atoms with Crippen molar-refractivity contribution in [3.8, 4) is 0 Å². The molecule has 35 heavy (non-hydrogen) atoms. The predicted molar refractivity (Wildman–Crippen MR) is 136 cm³/mol. The van der Waals surface area contributed by atoms with E-state index < -0.39 is 0 Å². The number of pyridine rings is 1. The van der Waals surface area contributed by atoms with Crippen LogP contribution in [-0.4, -0.2) is 48.8 Å². The smallest absolute Gasteiger partial charge is 0.252 e. The fourth-order valence-electron chi connectivity index (χ4n) is 5.92. The van der Waals surface area contributed by atoms with Gasteiger partial charge in [0, 0.05) is 30.3 Å². The first kappa shape index (κ1) is 24.1. The second kappa shape index (κ2) is 10.6. The summed E-state index contributed by atoms with van der Waals surface area (Å²) in [5.74, 6) is 1.17. The zero-order valence-electron chi connectivity index (χ0n) is 21.2. The molecule has 0 spiro atoms. The molecule has 1 N–H and O–H groups in total. The lowest BCUT2D eigenvalue weighted by molar-refractivity contribution is 0.0553. The van der Waals surface area contributed by atoms with Gasteiger partial charge in [0.15, 0.2) is 5.82 Å². The Morgan fingerprint density at radius 1 is 1.14 bits per heavy atom. The summed E-state index contributed by atoms with van der Waals surface area (Å²) in [6.07, 6.45) is 8.31. The normalized spacial score (nSPS) is 20.3. The molecule has 1 aliphatic heterocycles. The van der Waals surface area contributed by atoms with Crippen LogP contribution in [0.2, 0.25) is 0 Å². The van der Waals surface area contributed by atoms with E-state index in [1.165, 1.54) is 24.8 Å². The maximum Gasteiger partial charge on any atom is 0.252 e. The molecule has 0 radical (unpaired) electrons. The van der Waals surface area contributed by atoms with E-state index in [2.05, 4.69) is 58.3 Å². The number of nitrogens with one attached hydrogen (secondary N) is 1. The Labute approximate surface area is 207 Å². The summed E-state index contributed by atoms with van der Waals surface area (Å²) in [6.45, 7) is 8.63. The van der Waals surface area contributed by atoms with Crippen LogP contribution < -0.4 is 5.56 Å². The van der Waals surface area contributed by atoms with Gasteiger partial charge in [-0.25, -0.2) is 4.68 Å². The number of benzene rings is 1. The number of nitrogens with zero attached hydrogens (tertiary/aromatic N) is 5. The average Bonchev–Trinajstić information content (AvgIpc) is 3.52. The number of ether oxygens (including phenoxy) is 1. The van der Waals surface area contributed by atoms with E-state index in [9.17, 15) is 4.79 Å². The van der Waals surface area contributed by atoms with Crippen LogP contribution in [0.5, 0.6) is 0 Å². The third kappa shape index (κ3) is 5.33. The second-order valence-corrected chi connectivity index (χ2v) is 10.7. The number of hydrogen-bond donors (Lipinski definition) is 1. The SMILES string of the molecule is Cc1ccc2[nH]c(=O)c(CN(C3CCCCC3)[C@@H](c3nnnn3C[C@H]3CCCO3)C(C)C)cc2c1. The van der Waals surface area contributed by atoms with Crippen molar-refractivity contribution < 1.29 is 4.74 Å². The molecule has 188 valence electrons. The van der Waals surface area contributed by atoms with E-state index in [1.807, 2.05) is 16.8 Å². The van der Waals surface area contributed by atoms with E-state index in [0.29, 0.717) is 19.1 Å². The molecule has 8 heteroatoms. The predicted octanol–water partition coefficient (Wildman–Crippen LogP) is 4.53. The molecule has 2 fully saturated rings. The van der Waals surface area contributed by atoms with Gasteiger partial charge in [0.05, 0.1) is 18.7 Å². The van der Waals surface area contributed by atoms with Crippen molar-refractivity contribution in [2.24, 2.45) is 5.92 Å². The summed E-state index contributed by atoms with van der Waals surface area (Å²) in [5, 5.41) is 14.1. The van der Waals surface area contributed by atoms with E-state index in [0.717, 1.165) is 54.6 Å². The van der Waals surface area contributed by atoms with Gasteiger partial charge in [0.25, 0.3) is 5.56 Å². The lowest BCUT2D eigenvalue weighted by atomic mass is 9.90. The zero-order valence-corrected chi connectivity index (χ0v) is 21.2. The number of fused-ring (bicyclic) bond motifs is 1. The number of aryl methyl sites for hydroxylation is 1. The molecular weight excluding hydrogens is 440 g/mol. The highest BCUT2D eigenvalue weighted by Gasteiger charge is 2.35. The molecule has 3 heterocycles. The first-order valence-corrected chi connectivity index (χ1v) is 13.3. The molecule has 5 rings (SSSR count). The first-order valence-electron chi connectivity index (χ1n) is 13.3. The maximum atomic E-state index is 13.2. The molecule has 0 amide bonds. The van der Waals surface area contributed by atoms with Gasteiger partial charge in [0.1, 0.15) is 0 Å². The van der Waals surface area contributed by atoms with Crippen LogP contribution in [0.1, 0.15) is 81.8 Å². The van der Waals surface area contributed by atoms with E-state index in [4.69, 9.17) is 4.74 Å². The molecule has 1 aromatic carbocycles. The Kier molecular flexibility index (Phi) is 7.29. The van der Waals surface area contributed by atoms with E-state index >= 15 is 0 Å². The monoisotopic (exact) mass is 478 g/mol. The summed E-state index contributed by atoms with van der Waals surface area (Å²) in [4.78, 5) is 18.8. The number of rotatable bonds is 8. The van der Waals surface area contributed by atoms with Crippen molar-refractivity contribution in [1.82, 2.24) is 30.1 Å². The zero-order chi connectivity index (χ0) is 24.4. The van der Waals surface area contributed by atoms with Crippen molar-refractivity contribution >= 4 is 10.9 Å². The Bertz CT molecular complexity index is 1190. The molecule has 0 unspecified atom stereocenters. The minimum atomic E-state index is -0.0105. The van der Waals surface area contributed by atoms with Gasteiger partial charge in [0.2, 0.25) is 0 Å². The Hall–Kier alpha value is -2.58. The Morgan fingerprint density at radius 3 is 2.71 bits per heavy atom. The van der Waals surface area contributed by atoms with E-state index in [1.54, 1.807) is 0 Å². The van der Waals surface area contributed by atoms with Crippen LogP contribution >= 0.6 is 0 Å². The van der Waals surface area contributed by atoms with Gasteiger partial charge in [-0.3, -0.25) is 9.69 Å². The standard InChI is InChI=1S/C27H38N6O2/c1-18(2)25(26-29-30-31-33(26)17-23-10-7-13-35-23)32(22-8-5-4-6-9-22)16-21-15-20-14-19(3)11-12-24(20)28-27(21)34/h11-12,14-15,18,22-23,25H,4-10,13,16-17H2,1-3H3,(H,28,34)/t23-,25-/m1/s1. The number of tetrazole rings is 1. The minimum Gasteiger partial charge on any atom is -0.376 e. The Balaban J connectivity index is 1.52. The lowest BCUT2D eigenvalue weighted by Crippen LogP contribution is -2.43.